The Morgan fingerprint density at radius 3 is 2.00 bits per heavy atom. The van der Waals surface area contributed by atoms with E-state index in [1.54, 1.807) is 6.20 Å². The Bertz CT molecular complexity index is 815. The normalized spacial score (nSPS) is 14.1. The van der Waals surface area contributed by atoms with Crippen LogP contribution in [0.25, 0.3) is 0 Å². The highest BCUT2D eigenvalue weighted by Gasteiger charge is 2.25. The van der Waals surface area contributed by atoms with E-state index in [2.05, 4.69) is 44.5 Å². The molecule has 1 aromatic carbocycles. The van der Waals surface area contributed by atoms with Crippen molar-refractivity contribution in [2.24, 2.45) is 0 Å². The van der Waals surface area contributed by atoms with Gasteiger partial charge in [0.2, 0.25) is 0 Å². The minimum Gasteiger partial charge on any atom is -0.290 e. The molecule has 0 atom stereocenters. The van der Waals surface area contributed by atoms with Gasteiger partial charge in [0.25, 0.3) is 0 Å². The maximum Gasteiger partial charge on any atom is 0.156 e. The maximum absolute atomic E-state index is 6.13. The van der Waals surface area contributed by atoms with Crippen molar-refractivity contribution in [3.05, 3.63) is 75.3 Å². The van der Waals surface area contributed by atoms with Crippen LogP contribution in [0, 0.1) is 0 Å². The van der Waals surface area contributed by atoms with Gasteiger partial charge in [0.15, 0.2) is 10.3 Å². The van der Waals surface area contributed by atoms with E-state index < -0.39 is 0 Å². The molecule has 0 amide bonds. The molecule has 1 aliphatic rings. The molecule has 0 radical (unpaired) electrons. The molecule has 0 unspecified atom stereocenters. The van der Waals surface area contributed by atoms with Crippen molar-refractivity contribution in [2.75, 3.05) is 0 Å². The average molecular weight is 360 g/mol. The standard InChI is InChI=1S/C17H15Cl2N5/c18-16-14-10-23(11-15(14)17(19)22-21-16)8-12-2-4-13(5-3-12)9-24-7-1-6-20-24/h1-7H,8-11H2. The largest absolute Gasteiger partial charge is 0.290 e. The third-order valence-corrected chi connectivity index (χ3v) is 4.79. The van der Waals surface area contributed by atoms with Gasteiger partial charge in [-0.05, 0) is 17.2 Å². The summed E-state index contributed by atoms with van der Waals surface area (Å²) in [4.78, 5) is 2.29. The van der Waals surface area contributed by atoms with Gasteiger partial charge in [0, 0.05) is 43.2 Å². The molecule has 4 rings (SSSR count). The Kier molecular flexibility index (Phi) is 4.22. The van der Waals surface area contributed by atoms with E-state index in [-0.39, 0.29) is 0 Å². The lowest BCUT2D eigenvalue weighted by atomic mass is 10.1. The van der Waals surface area contributed by atoms with Crippen LogP contribution in [-0.4, -0.2) is 24.9 Å². The second-order valence-electron chi connectivity index (χ2n) is 5.90. The molecule has 0 fully saturated rings. The third kappa shape index (κ3) is 3.15. The number of hydrogen-bond acceptors (Lipinski definition) is 4. The quantitative estimate of drug-likeness (QED) is 0.714. The fourth-order valence-electron chi connectivity index (χ4n) is 2.98. The lowest BCUT2D eigenvalue weighted by Crippen LogP contribution is -2.15. The van der Waals surface area contributed by atoms with E-state index in [0.717, 1.165) is 37.3 Å². The average Bonchev–Trinajstić information content (AvgIpc) is 3.23. The summed E-state index contributed by atoms with van der Waals surface area (Å²) < 4.78 is 1.91. The highest BCUT2D eigenvalue weighted by Crippen LogP contribution is 2.32. The first-order valence-electron chi connectivity index (χ1n) is 7.66. The molecule has 1 aliphatic heterocycles. The van der Waals surface area contributed by atoms with Gasteiger partial charge in [-0.1, -0.05) is 47.5 Å². The zero-order chi connectivity index (χ0) is 16.5. The van der Waals surface area contributed by atoms with Crippen LogP contribution in [0.1, 0.15) is 22.3 Å². The lowest BCUT2D eigenvalue weighted by Gasteiger charge is -2.15. The molecule has 122 valence electrons. The second-order valence-corrected chi connectivity index (χ2v) is 6.62. The number of nitrogens with zero attached hydrogens (tertiary/aromatic N) is 5. The number of halogens is 2. The van der Waals surface area contributed by atoms with Crippen molar-refractivity contribution >= 4 is 23.2 Å². The van der Waals surface area contributed by atoms with Gasteiger partial charge in [0.1, 0.15) is 0 Å². The second kappa shape index (κ2) is 6.51. The summed E-state index contributed by atoms with van der Waals surface area (Å²) in [7, 11) is 0. The first-order chi connectivity index (χ1) is 11.7. The number of aromatic nitrogens is 4. The van der Waals surface area contributed by atoms with Crippen LogP contribution >= 0.6 is 23.2 Å². The zero-order valence-electron chi connectivity index (χ0n) is 12.9. The highest BCUT2D eigenvalue weighted by atomic mass is 35.5. The number of rotatable bonds is 4. The van der Waals surface area contributed by atoms with Crippen LogP contribution < -0.4 is 0 Å². The number of fused-ring (bicyclic) bond motifs is 1. The highest BCUT2D eigenvalue weighted by molar-refractivity contribution is 6.32. The van der Waals surface area contributed by atoms with Crippen LogP contribution in [0.4, 0.5) is 0 Å². The van der Waals surface area contributed by atoms with Crippen LogP contribution in [0.15, 0.2) is 42.7 Å². The fourth-order valence-corrected chi connectivity index (χ4v) is 3.41. The van der Waals surface area contributed by atoms with Crippen molar-refractivity contribution in [3.8, 4) is 0 Å². The van der Waals surface area contributed by atoms with Crippen LogP contribution in [0.2, 0.25) is 10.3 Å². The summed E-state index contributed by atoms with van der Waals surface area (Å²) >= 11 is 12.3. The molecule has 0 N–H and O–H groups in total. The Balaban J connectivity index is 1.43. The van der Waals surface area contributed by atoms with E-state index >= 15 is 0 Å². The van der Waals surface area contributed by atoms with E-state index in [1.807, 2.05) is 16.9 Å². The van der Waals surface area contributed by atoms with Crippen molar-refractivity contribution < 1.29 is 0 Å². The van der Waals surface area contributed by atoms with Gasteiger partial charge in [-0.3, -0.25) is 9.58 Å². The Morgan fingerprint density at radius 1 is 0.875 bits per heavy atom. The molecule has 3 heterocycles. The lowest BCUT2D eigenvalue weighted by molar-refractivity contribution is 0.275. The minimum atomic E-state index is 0.450. The molecule has 3 aromatic rings. The van der Waals surface area contributed by atoms with Gasteiger partial charge < -0.3 is 0 Å². The van der Waals surface area contributed by atoms with Gasteiger partial charge in [-0.2, -0.15) is 5.10 Å². The zero-order valence-corrected chi connectivity index (χ0v) is 14.4. The fraction of sp³-hybridized carbons (Fsp3) is 0.235. The van der Waals surface area contributed by atoms with Crippen molar-refractivity contribution in [3.63, 3.8) is 0 Å². The van der Waals surface area contributed by atoms with Gasteiger partial charge in [-0.25, -0.2) is 0 Å². The Labute approximate surface area is 149 Å². The smallest absolute Gasteiger partial charge is 0.156 e. The first-order valence-corrected chi connectivity index (χ1v) is 8.41. The molecule has 7 heteroatoms. The van der Waals surface area contributed by atoms with E-state index in [0.29, 0.717) is 10.3 Å². The monoisotopic (exact) mass is 359 g/mol. The van der Waals surface area contributed by atoms with Gasteiger partial charge in [-0.15, -0.1) is 10.2 Å². The van der Waals surface area contributed by atoms with Gasteiger partial charge >= 0.3 is 0 Å². The molecular formula is C17H15Cl2N5. The molecule has 2 aromatic heterocycles. The molecular weight excluding hydrogens is 345 g/mol. The van der Waals surface area contributed by atoms with Crippen molar-refractivity contribution in [1.82, 2.24) is 24.9 Å². The number of hydrogen-bond donors (Lipinski definition) is 0. The predicted octanol–water partition coefficient (Wildman–Crippen LogP) is 3.54. The maximum atomic E-state index is 6.13. The molecule has 5 nitrogen and oxygen atoms in total. The summed E-state index contributed by atoms with van der Waals surface area (Å²) in [6.07, 6.45) is 3.75. The molecule has 24 heavy (non-hydrogen) atoms. The van der Waals surface area contributed by atoms with E-state index in [1.165, 1.54) is 11.1 Å². The molecule has 0 aliphatic carbocycles. The Hall–Kier alpha value is -1.95. The topological polar surface area (TPSA) is 46.8 Å². The van der Waals surface area contributed by atoms with Crippen LogP contribution in [0.3, 0.4) is 0 Å². The summed E-state index contributed by atoms with van der Waals surface area (Å²) in [6, 6.07) is 10.5. The summed E-state index contributed by atoms with van der Waals surface area (Å²) in [5.41, 5.74) is 4.46. The minimum absolute atomic E-state index is 0.450. The van der Waals surface area contributed by atoms with Crippen LogP contribution in [0.5, 0.6) is 0 Å². The first kappa shape index (κ1) is 15.6. The number of benzene rings is 1. The Morgan fingerprint density at radius 2 is 1.46 bits per heavy atom. The third-order valence-electron chi connectivity index (χ3n) is 4.18. The molecule has 0 saturated carbocycles. The molecule has 0 spiro atoms. The van der Waals surface area contributed by atoms with E-state index in [4.69, 9.17) is 23.2 Å². The predicted molar refractivity (Wildman–Crippen MR) is 92.8 cm³/mol. The van der Waals surface area contributed by atoms with Crippen molar-refractivity contribution in [1.29, 1.82) is 0 Å². The summed E-state index contributed by atoms with van der Waals surface area (Å²) in [5.74, 6) is 0. The summed E-state index contributed by atoms with van der Waals surface area (Å²) in [5, 5.41) is 12.9. The van der Waals surface area contributed by atoms with Crippen LogP contribution in [-0.2, 0) is 26.2 Å². The SMILES string of the molecule is Clc1nnc(Cl)c2c1CN(Cc1ccc(Cn3cccn3)cc1)C2. The van der Waals surface area contributed by atoms with Gasteiger partial charge in [0.05, 0.1) is 6.54 Å². The van der Waals surface area contributed by atoms with Crippen molar-refractivity contribution in [2.45, 2.75) is 26.2 Å². The molecule has 0 bridgehead atoms. The summed E-state index contributed by atoms with van der Waals surface area (Å²) in [6.45, 7) is 3.12. The van der Waals surface area contributed by atoms with E-state index in [9.17, 15) is 0 Å². The molecule has 0 saturated heterocycles.